The molecule has 21 heavy (non-hydrogen) atoms. The molecule has 1 fully saturated rings. The van der Waals surface area contributed by atoms with E-state index in [1.165, 1.54) is 16.0 Å². The minimum Gasteiger partial charge on any atom is -0.370 e. The summed E-state index contributed by atoms with van der Waals surface area (Å²) in [5.41, 5.74) is -0.0853. The van der Waals surface area contributed by atoms with Crippen molar-refractivity contribution in [1.29, 1.82) is 0 Å². The maximum Gasteiger partial charge on any atom is 0.346 e. The Hall–Kier alpha value is -1.47. The van der Waals surface area contributed by atoms with Crippen molar-refractivity contribution in [2.24, 2.45) is 5.92 Å². The number of thiazole rings is 1. The monoisotopic (exact) mass is 308 g/mol. The Morgan fingerprint density at radius 3 is 2.90 bits per heavy atom. The summed E-state index contributed by atoms with van der Waals surface area (Å²) in [6, 6.07) is 0.0638. The summed E-state index contributed by atoms with van der Waals surface area (Å²) in [5, 5.41) is 7.34. The van der Waals surface area contributed by atoms with E-state index in [0.29, 0.717) is 12.5 Å². The summed E-state index contributed by atoms with van der Waals surface area (Å²) in [5.74, 6) is 1.13. The van der Waals surface area contributed by atoms with Crippen LogP contribution in [-0.4, -0.2) is 25.9 Å². The van der Waals surface area contributed by atoms with E-state index in [0.717, 1.165) is 23.9 Å². The fourth-order valence-corrected chi connectivity index (χ4v) is 3.30. The van der Waals surface area contributed by atoms with Gasteiger partial charge in [-0.1, -0.05) is 6.92 Å². The van der Waals surface area contributed by atoms with Crippen LogP contribution in [0, 0.1) is 5.92 Å². The van der Waals surface area contributed by atoms with E-state index in [4.69, 9.17) is 4.74 Å². The van der Waals surface area contributed by atoms with Crippen LogP contribution in [0.1, 0.15) is 50.2 Å². The number of hydrogen-bond acceptors (Lipinski definition) is 5. The van der Waals surface area contributed by atoms with Crippen LogP contribution in [0.25, 0.3) is 0 Å². The van der Waals surface area contributed by atoms with Crippen molar-refractivity contribution in [3.63, 3.8) is 0 Å². The molecule has 0 bridgehead atoms. The van der Waals surface area contributed by atoms with Crippen LogP contribution in [-0.2, 0) is 11.3 Å². The summed E-state index contributed by atoms with van der Waals surface area (Å²) in [6.45, 7) is 7.30. The Morgan fingerprint density at radius 1 is 1.52 bits per heavy atom. The first-order valence-electron chi connectivity index (χ1n) is 7.27. The van der Waals surface area contributed by atoms with Crippen LogP contribution in [0.5, 0.6) is 0 Å². The lowest BCUT2D eigenvalue weighted by molar-refractivity contribution is 0.0825. The zero-order chi connectivity index (χ0) is 15.0. The van der Waals surface area contributed by atoms with Gasteiger partial charge in [-0.15, -0.1) is 11.3 Å². The molecule has 1 aliphatic rings. The van der Waals surface area contributed by atoms with Crippen molar-refractivity contribution in [2.75, 3.05) is 6.61 Å². The molecule has 6 nitrogen and oxygen atoms in total. The van der Waals surface area contributed by atoms with Crippen LogP contribution in [0.3, 0.4) is 0 Å². The molecule has 0 radical (unpaired) electrons. The Kier molecular flexibility index (Phi) is 3.95. The number of nitrogens with zero attached hydrogens (tertiary/aromatic N) is 4. The van der Waals surface area contributed by atoms with Gasteiger partial charge in [-0.2, -0.15) is 5.10 Å². The fraction of sp³-hybridized carbons (Fsp3) is 0.643. The first-order valence-corrected chi connectivity index (χ1v) is 8.15. The quantitative estimate of drug-likeness (QED) is 0.869. The molecule has 0 unspecified atom stereocenters. The van der Waals surface area contributed by atoms with Gasteiger partial charge in [0.05, 0.1) is 6.54 Å². The van der Waals surface area contributed by atoms with Crippen molar-refractivity contribution >= 4 is 11.3 Å². The Morgan fingerprint density at radius 2 is 2.33 bits per heavy atom. The van der Waals surface area contributed by atoms with Crippen LogP contribution in [0.15, 0.2) is 16.4 Å². The highest BCUT2D eigenvalue weighted by molar-refractivity contribution is 7.09. The van der Waals surface area contributed by atoms with Crippen LogP contribution < -0.4 is 5.69 Å². The van der Waals surface area contributed by atoms with E-state index in [1.54, 1.807) is 10.8 Å². The highest BCUT2D eigenvalue weighted by Crippen LogP contribution is 2.33. The zero-order valence-corrected chi connectivity index (χ0v) is 13.3. The highest BCUT2D eigenvalue weighted by Gasteiger charge is 2.32. The molecule has 0 spiro atoms. The highest BCUT2D eigenvalue weighted by atomic mass is 32.1. The van der Waals surface area contributed by atoms with Crippen LogP contribution in [0.2, 0.25) is 0 Å². The maximum atomic E-state index is 12.6. The molecule has 2 atom stereocenters. The Labute approximate surface area is 127 Å². The second-order valence-electron chi connectivity index (χ2n) is 5.75. The van der Waals surface area contributed by atoms with Gasteiger partial charge in [0.2, 0.25) is 0 Å². The first-order chi connectivity index (χ1) is 10.1. The van der Waals surface area contributed by atoms with Gasteiger partial charge in [0.15, 0.2) is 5.82 Å². The summed E-state index contributed by atoms with van der Waals surface area (Å²) in [7, 11) is 0. The van der Waals surface area contributed by atoms with Gasteiger partial charge in [0, 0.05) is 24.2 Å². The van der Waals surface area contributed by atoms with Gasteiger partial charge < -0.3 is 4.74 Å². The van der Waals surface area contributed by atoms with Gasteiger partial charge >= 0.3 is 5.69 Å². The van der Waals surface area contributed by atoms with E-state index in [2.05, 4.69) is 17.0 Å². The summed E-state index contributed by atoms with van der Waals surface area (Å²) < 4.78 is 9.05. The molecule has 3 heterocycles. The van der Waals surface area contributed by atoms with Crippen LogP contribution in [0.4, 0.5) is 0 Å². The minimum atomic E-state index is -0.0855. The smallest absolute Gasteiger partial charge is 0.346 e. The molecular weight excluding hydrogens is 288 g/mol. The van der Waals surface area contributed by atoms with E-state index in [1.807, 2.05) is 19.2 Å². The van der Waals surface area contributed by atoms with Gasteiger partial charge in [0.25, 0.3) is 0 Å². The second kappa shape index (κ2) is 5.73. The fourth-order valence-electron chi connectivity index (χ4n) is 2.70. The topological polar surface area (TPSA) is 61.9 Å². The van der Waals surface area contributed by atoms with Gasteiger partial charge in [-0.05, 0) is 26.2 Å². The molecule has 0 aliphatic carbocycles. The van der Waals surface area contributed by atoms with Crippen molar-refractivity contribution in [3.8, 4) is 0 Å². The summed E-state index contributed by atoms with van der Waals surface area (Å²) in [4.78, 5) is 16.8. The third kappa shape index (κ3) is 2.67. The minimum absolute atomic E-state index is 0.0638. The predicted octanol–water partition coefficient (Wildman–Crippen LogP) is 2.23. The Bertz CT molecular complexity index is 659. The molecule has 3 rings (SSSR count). The van der Waals surface area contributed by atoms with E-state index >= 15 is 0 Å². The molecule has 0 aromatic carbocycles. The molecule has 2 aromatic heterocycles. The average molecular weight is 308 g/mol. The summed E-state index contributed by atoms with van der Waals surface area (Å²) in [6.07, 6.45) is 2.67. The molecule has 0 saturated carbocycles. The molecular formula is C14H20N4O2S. The number of rotatable bonds is 4. The van der Waals surface area contributed by atoms with Crippen molar-refractivity contribution in [1.82, 2.24) is 19.3 Å². The second-order valence-corrected chi connectivity index (χ2v) is 6.72. The molecule has 0 N–H and O–H groups in total. The van der Waals surface area contributed by atoms with Crippen molar-refractivity contribution < 1.29 is 4.74 Å². The first kappa shape index (κ1) is 14.5. The lowest BCUT2D eigenvalue weighted by Crippen LogP contribution is -2.27. The predicted molar refractivity (Wildman–Crippen MR) is 80.6 cm³/mol. The lowest BCUT2D eigenvalue weighted by atomic mass is 10.0. The van der Waals surface area contributed by atoms with Gasteiger partial charge in [-0.3, -0.25) is 4.57 Å². The molecule has 1 aliphatic heterocycles. The Balaban J connectivity index is 2.01. The number of ether oxygens (including phenoxy) is 1. The third-order valence-electron chi connectivity index (χ3n) is 3.82. The SMILES string of the molecule is CC(C)n1c([C@H]2OCC[C@H]2C)nn(Cc2nccs2)c1=O. The average Bonchev–Trinajstić information content (AvgIpc) is 3.12. The van der Waals surface area contributed by atoms with Crippen LogP contribution >= 0.6 is 11.3 Å². The number of aromatic nitrogens is 4. The van der Waals surface area contributed by atoms with Crippen molar-refractivity contribution in [2.45, 2.75) is 45.9 Å². The lowest BCUT2D eigenvalue weighted by Gasteiger charge is -2.16. The zero-order valence-electron chi connectivity index (χ0n) is 12.5. The summed E-state index contributed by atoms with van der Waals surface area (Å²) >= 11 is 1.53. The largest absolute Gasteiger partial charge is 0.370 e. The third-order valence-corrected chi connectivity index (χ3v) is 4.59. The van der Waals surface area contributed by atoms with Gasteiger partial charge in [-0.25, -0.2) is 14.5 Å². The molecule has 0 amide bonds. The van der Waals surface area contributed by atoms with Gasteiger partial charge in [0.1, 0.15) is 11.1 Å². The molecule has 1 saturated heterocycles. The van der Waals surface area contributed by atoms with E-state index in [9.17, 15) is 4.79 Å². The molecule has 7 heteroatoms. The van der Waals surface area contributed by atoms with Crippen molar-refractivity contribution in [3.05, 3.63) is 32.9 Å². The molecule has 2 aromatic rings. The van der Waals surface area contributed by atoms with E-state index in [-0.39, 0.29) is 17.8 Å². The molecule has 114 valence electrons. The normalized spacial score (nSPS) is 22.3. The number of hydrogen-bond donors (Lipinski definition) is 0. The maximum absolute atomic E-state index is 12.6. The van der Waals surface area contributed by atoms with E-state index < -0.39 is 0 Å². The standard InChI is InChI=1S/C14H20N4O2S/c1-9(2)18-13(12-10(3)4-6-20-12)16-17(14(18)19)8-11-15-5-7-21-11/h5,7,9-10,12H,4,6,8H2,1-3H3/t10-,12+/m1/s1.